The van der Waals surface area contributed by atoms with Crippen LogP contribution in [0, 0.1) is 0 Å². The Labute approximate surface area is 163 Å². The van der Waals surface area contributed by atoms with E-state index in [1.165, 1.54) is 6.07 Å². The molecule has 1 aromatic heterocycles. The van der Waals surface area contributed by atoms with E-state index >= 15 is 0 Å². The Kier molecular flexibility index (Phi) is 4.97. The van der Waals surface area contributed by atoms with Gasteiger partial charge in [0.2, 0.25) is 15.9 Å². The number of nitrogens with one attached hydrogen (secondary N) is 2. The summed E-state index contributed by atoms with van der Waals surface area (Å²) in [5, 5.41) is 6.94. The smallest absolute Gasteiger partial charge is 0.240 e. The first-order chi connectivity index (χ1) is 13.5. The first-order valence-electron chi connectivity index (χ1n) is 9.03. The monoisotopic (exact) mass is 396 g/mol. The molecule has 0 bridgehead atoms. The number of amides is 1. The molecule has 1 aliphatic heterocycles. The quantitative estimate of drug-likeness (QED) is 0.669. The minimum absolute atomic E-state index is 0.0418. The molecule has 0 radical (unpaired) electrons. The molecule has 8 heteroatoms. The van der Waals surface area contributed by atoms with Gasteiger partial charge in [0, 0.05) is 31.0 Å². The fourth-order valence-corrected chi connectivity index (χ4v) is 4.26. The molecule has 0 saturated carbocycles. The Morgan fingerprint density at radius 2 is 1.93 bits per heavy atom. The minimum atomic E-state index is -3.60. The maximum Gasteiger partial charge on any atom is 0.240 e. The maximum atomic E-state index is 12.6. The first kappa shape index (κ1) is 18.4. The van der Waals surface area contributed by atoms with E-state index in [-0.39, 0.29) is 10.8 Å². The van der Waals surface area contributed by atoms with Crippen molar-refractivity contribution in [2.45, 2.75) is 24.2 Å². The van der Waals surface area contributed by atoms with Crippen LogP contribution in [-0.2, 0) is 27.7 Å². The fourth-order valence-electron chi connectivity index (χ4n) is 3.18. The van der Waals surface area contributed by atoms with E-state index < -0.39 is 10.0 Å². The Morgan fingerprint density at radius 3 is 2.68 bits per heavy atom. The molecule has 144 valence electrons. The Bertz CT molecular complexity index is 1090. The summed E-state index contributed by atoms with van der Waals surface area (Å²) in [5.74, 6) is -0.0418. The number of hydrogen-bond donors (Lipinski definition) is 2. The molecule has 0 aliphatic carbocycles. The van der Waals surface area contributed by atoms with Crippen LogP contribution in [-0.4, -0.2) is 30.7 Å². The molecule has 4 rings (SSSR count). The highest BCUT2D eigenvalue weighted by atomic mass is 32.2. The van der Waals surface area contributed by atoms with Crippen molar-refractivity contribution >= 4 is 21.6 Å². The van der Waals surface area contributed by atoms with Gasteiger partial charge in [-0.2, -0.15) is 5.10 Å². The number of sulfonamides is 1. The lowest BCUT2D eigenvalue weighted by molar-refractivity contribution is -0.116. The van der Waals surface area contributed by atoms with Crippen molar-refractivity contribution in [1.29, 1.82) is 0 Å². The average Bonchev–Trinajstić information content (AvgIpc) is 3.23. The van der Waals surface area contributed by atoms with Gasteiger partial charge in [-0.1, -0.05) is 12.1 Å². The number of fused-ring (bicyclic) bond motifs is 1. The molecular weight excluding hydrogens is 376 g/mol. The molecule has 0 unspecified atom stereocenters. The number of hydrogen-bond acceptors (Lipinski definition) is 4. The molecule has 2 aromatic carbocycles. The van der Waals surface area contributed by atoms with Crippen LogP contribution in [0.25, 0.3) is 5.69 Å². The number of aryl methyl sites for hydroxylation is 1. The molecule has 0 spiro atoms. The van der Waals surface area contributed by atoms with Gasteiger partial charge < -0.3 is 5.32 Å². The summed E-state index contributed by atoms with van der Waals surface area (Å²) in [5.41, 5.74) is 3.52. The van der Waals surface area contributed by atoms with Crippen molar-refractivity contribution in [2.24, 2.45) is 0 Å². The van der Waals surface area contributed by atoms with Crippen LogP contribution in [0.3, 0.4) is 0 Å². The van der Waals surface area contributed by atoms with Gasteiger partial charge in [0.05, 0.1) is 10.6 Å². The van der Waals surface area contributed by atoms with E-state index in [1.807, 2.05) is 36.5 Å². The zero-order valence-corrected chi connectivity index (χ0v) is 15.9. The van der Waals surface area contributed by atoms with Crippen LogP contribution in [0.2, 0.25) is 0 Å². The summed E-state index contributed by atoms with van der Waals surface area (Å²) in [7, 11) is -3.60. The lowest BCUT2D eigenvalue weighted by Gasteiger charge is -2.17. The normalized spacial score (nSPS) is 13.8. The van der Waals surface area contributed by atoms with Crippen LogP contribution < -0.4 is 10.0 Å². The molecule has 3 aromatic rings. The topological polar surface area (TPSA) is 93.1 Å². The molecule has 0 saturated heterocycles. The largest absolute Gasteiger partial charge is 0.326 e. The van der Waals surface area contributed by atoms with Gasteiger partial charge in [-0.3, -0.25) is 4.79 Å². The second-order valence-electron chi connectivity index (χ2n) is 6.63. The van der Waals surface area contributed by atoms with Gasteiger partial charge in [0.1, 0.15) is 0 Å². The number of nitrogens with zero attached hydrogens (tertiary/aromatic N) is 2. The molecule has 2 N–H and O–H groups in total. The SMILES string of the molecule is O=C1CCc2cc(S(=O)(=O)NCCc3ccc(-n4cccn4)cc3)ccc2N1. The summed E-state index contributed by atoms with van der Waals surface area (Å²) < 4.78 is 29.6. The number of rotatable bonds is 6. The van der Waals surface area contributed by atoms with Gasteiger partial charge in [-0.05, 0) is 60.4 Å². The van der Waals surface area contributed by atoms with E-state index in [2.05, 4.69) is 15.1 Å². The lowest BCUT2D eigenvalue weighted by Crippen LogP contribution is -2.26. The summed E-state index contributed by atoms with van der Waals surface area (Å²) >= 11 is 0. The Hall–Kier alpha value is -2.97. The Balaban J connectivity index is 1.38. The average molecular weight is 396 g/mol. The Morgan fingerprint density at radius 1 is 1.11 bits per heavy atom. The maximum absolute atomic E-state index is 12.6. The second-order valence-corrected chi connectivity index (χ2v) is 8.40. The summed E-state index contributed by atoms with van der Waals surface area (Å²) in [4.78, 5) is 11.6. The van der Waals surface area contributed by atoms with Crippen LogP contribution in [0.4, 0.5) is 5.69 Å². The van der Waals surface area contributed by atoms with Crippen molar-refractivity contribution in [1.82, 2.24) is 14.5 Å². The highest BCUT2D eigenvalue weighted by molar-refractivity contribution is 7.89. The van der Waals surface area contributed by atoms with Crippen molar-refractivity contribution in [3.63, 3.8) is 0 Å². The molecule has 1 aliphatic rings. The number of carbonyl (C=O) groups excluding carboxylic acids is 1. The van der Waals surface area contributed by atoms with Crippen molar-refractivity contribution in [3.8, 4) is 5.69 Å². The molecule has 0 atom stereocenters. The molecule has 28 heavy (non-hydrogen) atoms. The van der Waals surface area contributed by atoms with Crippen LogP contribution in [0.5, 0.6) is 0 Å². The third kappa shape index (κ3) is 3.97. The van der Waals surface area contributed by atoms with Crippen molar-refractivity contribution in [3.05, 3.63) is 72.1 Å². The van der Waals surface area contributed by atoms with Crippen molar-refractivity contribution in [2.75, 3.05) is 11.9 Å². The molecular formula is C20H20N4O3S. The first-order valence-corrected chi connectivity index (χ1v) is 10.5. The van der Waals surface area contributed by atoms with Gasteiger partial charge in [-0.25, -0.2) is 17.8 Å². The highest BCUT2D eigenvalue weighted by Crippen LogP contribution is 2.25. The summed E-state index contributed by atoms with van der Waals surface area (Å²) in [6, 6.07) is 14.5. The van der Waals surface area contributed by atoms with E-state index in [4.69, 9.17) is 0 Å². The van der Waals surface area contributed by atoms with Gasteiger partial charge in [0.15, 0.2) is 0 Å². The van der Waals surface area contributed by atoms with Crippen molar-refractivity contribution < 1.29 is 13.2 Å². The number of anilines is 1. The zero-order valence-electron chi connectivity index (χ0n) is 15.1. The lowest BCUT2D eigenvalue weighted by atomic mass is 10.0. The van der Waals surface area contributed by atoms with E-state index in [0.717, 1.165) is 16.8 Å². The second kappa shape index (κ2) is 7.57. The number of aromatic nitrogens is 2. The van der Waals surface area contributed by atoms with Crippen LogP contribution >= 0.6 is 0 Å². The number of carbonyl (C=O) groups is 1. The third-order valence-corrected chi connectivity index (χ3v) is 6.15. The van der Waals surface area contributed by atoms with Gasteiger partial charge in [-0.15, -0.1) is 0 Å². The predicted octanol–water partition coefficient (Wildman–Crippen LogP) is 2.28. The minimum Gasteiger partial charge on any atom is -0.326 e. The number of benzene rings is 2. The van der Waals surface area contributed by atoms with Crippen LogP contribution in [0.15, 0.2) is 65.8 Å². The fraction of sp³-hybridized carbons (Fsp3) is 0.200. The van der Waals surface area contributed by atoms with Crippen LogP contribution in [0.1, 0.15) is 17.5 Å². The standard InChI is InChI=1S/C20H20N4O3S/c25-20-9-4-16-14-18(7-8-19(16)23-20)28(26,27)22-12-10-15-2-5-17(6-3-15)24-13-1-11-21-24/h1-3,5-8,11,13-14,22H,4,9-10,12H2,(H,23,25). The molecule has 2 heterocycles. The van der Waals surface area contributed by atoms with Gasteiger partial charge in [0.25, 0.3) is 0 Å². The predicted molar refractivity (Wildman–Crippen MR) is 106 cm³/mol. The molecule has 7 nitrogen and oxygen atoms in total. The summed E-state index contributed by atoms with van der Waals surface area (Å²) in [6.07, 6.45) is 5.09. The summed E-state index contributed by atoms with van der Waals surface area (Å²) in [6.45, 7) is 0.303. The van der Waals surface area contributed by atoms with E-state index in [9.17, 15) is 13.2 Å². The van der Waals surface area contributed by atoms with Gasteiger partial charge >= 0.3 is 0 Å². The molecule has 0 fully saturated rings. The van der Waals surface area contributed by atoms with E-state index in [1.54, 1.807) is 23.0 Å². The highest BCUT2D eigenvalue weighted by Gasteiger charge is 2.19. The molecule has 1 amide bonds. The van der Waals surface area contributed by atoms with E-state index in [0.29, 0.717) is 31.5 Å². The third-order valence-electron chi connectivity index (χ3n) is 4.69. The zero-order chi connectivity index (χ0) is 19.6.